The number of Topliss-reactive ketones (excluding diaryl/α,β-unsaturated/α-hetero) is 3. The summed E-state index contributed by atoms with van der Waals surface area (Å²) in [5, 5.41) is 125. The lowest BCUT2D eigenvalue weighted by Gasteiger charge is -2.26. The lowest BCUT2D eigenvalue weighted by molar-refractivity contribution is -0.135. The van der Waals surface area contributed by atoms with E-state index in [1.165, 1.54) is 71.9 Å². The first-order valence-corrected chi connectivity index (χ1v) is 32.9. The van der Waals surface area contributed by atoms with Gasteiger partial charge in [-0.1, -0.05) is 60.2 Å². The van der Waals surface area contributed by atoms with Gasteiger partial charge in [0.05, 0.1) is 54.0 Å². The fourth-order valence-corrected chi connectivity index (χ4v) is 11.8. The minimum Gasteiger partial charge on any atom is -0.508 e. The van der Waals surface area contributed by atoms with Crippen molar-refractivity contribution in [3.8, 4) is 121 Å². The second-order valence-corrected chi connectivity index (χ2v) is 24.5. The first kappa shape index (κ1) is 76.9. The van der Waals surface area contributed by atoms with E-state index >= 15 is 0 Å². The average molecular weight is 1450 g/mol. The van der Waals surface area contributed by atoms with Crippen molar-refractivity contribution in [2.24, 2.45) is 0 Å². The molecular weight excluding hydrogens is 1370 g/mol. The van der Waals surface area contributed by atoms with Crippen molar-refractivity contribution in [2.75, 3.05) is 35.5 Å². The van der Waals surface area contributed by atoms with Crippen LogP contribution in [0.3, 0.4) is 0 Å². The molecule has 3 atom stereocenters. The van der Waals surface area contributed by atoms with Crippen LogP contribution in [-0.2, 0) is 24.1 Å². The van der Waals surface area contributed by atoms with Crippen LogP contribution in [0.5, 0.6) is 121 Å². The summed E-state index contributed by atoms with van der Waals surface area (Å²) in [6.07, 6.45) is 2.41. The van der Waals surface area contributed by atoms with Crippen LogP contribution in [-0.4, -0.2) is 125 Å². The van der Waals surface area contributed by atoms with E-state index in [0.29, 0.717) is 58.5 Å². The molecule has 3 heterocycles. The molecule has 0 radical (unpaired) electrons. The topological polar surface area (TPSA) is 405 Å². The van der Waals surface area contributed by atoms with E-state index < -0.39 is 29.5 Å². The Morgan fingerprint density at radius 1 is 0.415 bits per heavy atom. The zero-order valence-electron chi connectivity index (χ0n) is 58.3. The molecule has 0 bridgehead atoms. The van der Waals surface area contributed by atoms with E-state index in [9.17, 15) is 85.6 Å². The molecule has 13 N–H and O–H groups in total. The third-order valence-corrected chi connectivity index (χ3v) is 17.3. The van der Waals surface area contributed by atoms with Crippen LogP contribution < -0.4 is 37.9 Å². The lowest BCUT2D eigenvalue weighted by Crippen LogP contribution is -2.21. The Labute approximate surface area is 607 Å². The summed E-state index contributed by atoms with van der Waals surface area (Å²) >= 11 is 0. The highest BCUT2D eigenvalue weighted by Crippen LogP contribution is 2.48. The fourth-order valence-electron chi connectivity index (χ4n) is 11.8. The molecule has 10 aromatic carbocycles. The van der Waals surface area contributed by atoms with Crippen LogP contribution >= 0.6 is 0 Å². The molecule has 106 heavy (non-hydrogen) atoms. The first-order valence-electron chi connectivity index (χ1n) is 32.9. The first-order chi connectivity index (χ1) is 50.7. The summed E-state index contributed by atoms with van der Waals surface area (Å²) in [6.45, 7) is 1.99. The summed E-state index contributed by atoms with van der Waals surface area (Å²) in [5.41, 5.74) is 6.88. The Balaban J connectivity index is 0.000000153. The molecule has 3 aliphatic rings. The fraction of sp³-hybridized carbons (Fsp3) is 0.210. The number of ether oxygens (including phenoxy) is 8. The van der Waals surface area contributed by atoms with Crippen LogP contribution in [0.2, 0.25) is 0 Å². The predicted molar refractivity (Wildman–Crippen MR) is 385 cm³/mol. The number of hydrogen-bond donors (Lipinski definition) is 13. The van der Waals surface area contributed by atoms with Gasteiger partial charge in [0.25, 0.3) is 0 Å². The third-order valence-electron chi connectivity index (χ3n) is 17.3. The van der Waals surface area contributed by atoms with Crippen LogP contribution in [0, 0.1) is 6.92 Å². The third kappa shape index (κ3) is 19.0. The van der Waals surface area contributed by atoms with Crippen molar-refractivity contribution in [3.05, 3.63) is 231 Å². The number of phenolic OH excluding ortho intramolecular Hbond substituents is 13. The zero-order chi connectivity index (χ0) is 76.6. The highest BCUT2D eigenvalue weighted by atomic mass is 16.5. The Morgan fingerprint density at radius 3 is 1.56 bits per heavy atom. The largest absolute Gasteiger partial charge is 0.508 e. The number of methoxy groups -OCH3 is 5. The van der Waals surface area contributed by atoms with Gasteiger partial charge in [-0.15, -0.1) is 0 Å². The van der Waals surface area contributed by atoms with Gasteiger partial charge < -0.3 is 104 Å². The van der Waals surface area contributed by atoms with Gasteiger partial charge in [-0.3, -0.25) is 19.2 Å². The minimum atomic E-state index is -0.613. The second-order valence-electron chi connectivity index (χ2n) is 24.5. The quantitative estimate of drug-likeness (QED) is 0.0243. The number of hydrogen-bond acceptors (Lipinski definition) is 25. The molecule has 13 rings (SSSR count). The molecule has 0 amide bonds. The molecule has 3 aliphatic heterocycles. The van der Waals surface area contributed by atoms with Crippen molar-refractivity contribution in [2.45, 2.75) is 76.4 Å². The van der Waals surface area contributed by atoms with E-state index in [4.69, 9.17) is 37.9 Å². The Bertz CT molecular complexity index is 4830. The number of aromatic hydroxyl groups is 13. The van der Waals surface area contributed by atoms with Gasteiger partial charge in [0.1, 0.15) is 98.1 Å². The molecule has 552 valence electrons. The van der Waals surface area contributed by atoms with Gasteiger partial charge in [-0.25, -0.2) is 0 Å². The van der Waals surface area contributed by atoms with Crippen LogP contribution in [0.1, 0.15) is 126 Å². The van der Waals surface area contributed by atoms with Gasteiger partial charge in [0.2, 0.25) is 0 Å². The highest BCUT2D eigenvalue weighted by Gasteiger charge is 2.34. The van der Waals surface area contributed by atoms with Gasteiger partial charge in [-0.05, 0) is 133 Å². The Kier molecular flexibility index (Phi) is 25.1. The van der Waals surface area contributed by atoms with E-state index in [1.807, 2.05) is 43.3 Å². The van der Waals surface area contributed by atoms with E-state index in [2.05, 4.69) is 0 Å². The van der Waals surface area contributed by atoms with E-state index in [1.54, 1.807) is 72.8 Å². The number of aryl methyl sites for hydroxylation is 4. The maximum atomic E-state index is 12.2. The number of fused-ring (bicyclic) bond motifs is 3. The molecule has 0 spiro atoms. The van der Waals surface area contributed by atoms with Gasteiger partial charge >= 0.3 is 5.97 Å². The summed E-state index contributed by atoms with van der Waals surface area (Å²) in [4.78, 5) is 48.2. The summed E-state index contributed by atoms with van der Waals surface area (Å²) in [5.74, 6) is -0.398. The Morgan fingerprint density at radius 2 is 0.943 bits per heavy atom. The maximum absolute atomic E-state index is 12.2. The van der Waals surface area contributed by atoms with Gasteiger partial charge in [0, 0.05) is 72.9 Å². The monoisotopic (exact) mass is 1450 g/mol. The number of ketones is 3. The standard InChI is InChI=1S/C17H16O6.C16H14O6.C16H16O5.2C16H16O4/c1-21-10-6-13(19)17-11(8-16(20)23-15(17)7-10)9-3-4-12(18)14(5-9)22-2;1-21-13-3-2-8(4-10(13)18)14-7-12(20)16-11(19)5-9(17)6-15(16)22-14;1-21-16-7-3-10(8-15(16)20)2-6-13(18)12-5-4-11(17)9-14(12)19;1-19-15-7-4-11(8-13(15)18)14-6-3-10-2-5-12(17)9-16(10)20-14;1-10-2-4-11(5-3-10)6-7-13(18)16-14(19)8-12(17)9-15(16)20/h3-7,11,18-19H,8H2,1-2H3;2-6,14,17-19H,7H2,1H3;3-5,7-9,17,19-20H,2,6H2,1H3;2,4-5,7-9,14,17-18H,3,6H2,1H3;2-5,8-9,17,19-20H,6-7H2,1H3. The molecule has 10 aromatic rings. The van der Waals surface area contributed by atoms with Crippen LogP contribution in [0.4, 0.5) is 0 Å². The number of carbonyl (C=O) groups is 4. The van der Waals surface area contributed by atoms with Crippen molar-refractivity contribution >= 4 is 23.3 Å². The lowest BCUT2D eigenvalue weighted by atomic mass is 9.85. The van der Waals surface area contributed by atoms with E-state index in [0.717, 1.165) is 70.5 Å². The van der Waals surface area contributed by atoms with Crippen LogP contribution in [0.15, 0.2) is 170 Å². The molecule has 0 aliphatic carbocycles. The number of benzene rings is 10. The number of carbonyl (C=O) groups excluding carboxylic acids is 4. The Hall–Kier alpha value is -13.3. The molecule has 0 fully saturated rings. The second kappa shape index (κ2) is 34.6. The maximum Gasteiger partial charge on any atom is 0.312 e. The molecule has 0 saturated carbocycles. The highest BCUT2D eigenvalue weighted by molar-refractivity contribution is 6.03. The summed E-state index contributed by atoms with van der Waals surface area (Å²) < 4.78 is 42.0. The van der Waals surface area contributed by atoms with Crippen LogP contribution in [0.25, 0.3) is 0 Å². The number of esters is 1. The summed E-state index contributed by atoms with van der Waals surface area (Å²) in [7, 11) is 7.34. The molecular formula is C81H78O25. The van der Waals surface area contributed by atoms with Crippen molar-refractivity contribution < 1.29 is 123 Å². The molecule has 25 heteroatoms. The smallest absolute Gasteiger partial charge is 0.312 e. The number of rotatable bonds is 16. The van der Waals surface area contributed by atoms with E-state index in [-0.39, 0.29) is 141 Å². The normalized spacial score (nSPS) is 14.3. The minimum absolute atomic E-state index is 0.00816. The molecule has 0 aromatic heterocycles. The SMILES string of the molecule is COc1cc(O)c2c(c1)OC(=O)CC2c1ccc(O)c(OC)c1.COc1ccc(C2CC(=O)c3c(O)cc(O)cc3O2)cc1O.COc1ccc(C2CCc3ccc(O)cc3O2)cc1O.COc1ccc(CCC(=O)c2ccc(O)cc2O)cc1O.Cc1ccc(CCC(=O)c2c(O)cc(O)cc2O)cc1. The predicted octanol–water partition coefficient (Wildman–Crippen LogP) is 13.8. The van der Waals surface area contributed by atoms with Gasteiger partial charge in [-0.2, -0.15) is 0 Å². The zero-order valence-corrected chi connectivity index (χ0v) is 58.3. The van der Waals surface area contributed by atoms with Gasteiger partial charge in [0.15, 0.2) is 63.3 Å². The number of phenols is 13. The summed E-state index contributed by atoms with van der Waals surface area (Å²) in [6, 6.07) is 44.1. The van der Waals surface area contributed by atoms with Crippen molar-refractivity contribution in [1.29, 1.82) is 0 Å². The average Bonchev–Trinajstić information content (AvgIpc) is 0.784. The van der Waals surface area contributed by atoms with Crippen molar-refractivity contribution in [1.82, 2.24) is 0 Å². The van der Waals surface area contributed by atoms with Crippen molar-refractivity contribution in [3.63, 3.8) is 0 Å². The molecule has 25 nitrogen and oxygen atoms in total. The molecule has 0 saturated heterocycles. The molecule has 3 unspecified atom stereocenters.